The standard InChI is InChI=1S/C18H21NO2/c1-13-6-7-18-16(8-13)12-19(10-14(2)21-18)11-15-4-3-5-17(20)9-15/h3-9,14,20H,10-12H2,1-2H3. The Morgan fingerprint density at radius 1 is 1.24 bits per heavy atom. The largest absolute Gasteiger partial charge is 0.508 e. The second-order valence-electron chi connectivity index (χ2n) is 5.88. The van der Waals surface area contributed by atoms with E-state index in [-0.39, 0.29) is 6.10 Å². The maximum Gasteiger partial charge on any atom is 0.124 e. The van der Waals surface area contributed by atoms with Crippen LogP contribution in [0.3, 0.4) is 0 Å². The lowest BCUT2D eigenvalue weighted by Crippen LogP contribution is -2.30. The fourth-order valence-electron chi connectivity index (χ4n) is 2.90. The number of hydrogen-bond donors (Lipinski definition) is 1. The number of phenolic OH excluding ortho intramolecular Hbond substituents is 1. The first-order valence-electron chi connectivity index (χ1n) is 7.36. The molecule has 0 aliphatic carbocycles. The van der Waals surface area contributed by atoms with E-state index in [4.69, 9.17) is 4.74 Å². The summed E-state index contributed by atoms with van der Waals surface area (Å²) in [5.41, 5.74) is 3.61. The molecule has 21 heavy (non-hydrogen) atoms. The molecule has 0 radical (unpaired) electrons. The Hall–Kier alpha value is -2.00. The predicted octanol–water partition coefficient (Wildman–Crippen LogP) is 3.48. The van der Waals surface area contributed by atoms with E-state index in [0.717, 1.165) is 30.9 Å². The summed E-state index contributed by atoms with van der Waals surface area (Å²) < 4.78 is 6.01. The van der Waals surface area contributed by atoms with Crippen LogP contribution < -0.4 is 4.74 Å². The molecule has 110 valence electrons. The molecule has 1 aliphatic heterocycles. The molecule has 1 atom stereocenters. The van der Waals surface area contributed by atoms with Gasteiger partial charge in [-0.3, -0.25) is 4.90 Å². The van der Waals surface area contributed by atoms with Gasteiger partial charge in [0.25, 0.3) is 0 Å². The van der Waals surface area contributed by atoms with E-state index in [1.54, 1.807) is 6.07 Å². The van der Waals surface area contributed by atoms with Gasteiger partial charge in [0.1, 0.15) is 17.6 Å². The number of phenols is 1. The number of rotatable bonds is 2. The van der Waals surface area contributed by atoms with Gasteiger partial charge >= 0.3 is 0 Å². The molecule has 1 heterocycles. The van der Waals surface area contributed by atoms with Crippen molar-refractivity contribution in [3.63, 3.8) is 0 Å². The van der Waals surface area contributed by atoms with Crippen molar-refractivity contribution >= 4 is 0 Å². The third-order valence-electron chi connectivity index (χ3n) is 3.77. The normalized spacial score (nSPS) is 18.7. The van der Waals surface area contributed by atoms with Gasteiger partial charge in [-0.1, -0.05) is 29.8 Å². The second kappa shape index (κ2) is 5.78. The Morgan fingerprint density at radius 2 is 2.10 bits per heavy atom. The lowest BCUT2D eigenvalue weighted by atomic mass is 10.1. The average molecular weight is 283 g/mol. The smallest absolute Gasteiger partial charge is 0.124 e. The van der Waals surface area contributed by atoms with Gasteiger partial charge in [0.15, 0.2) is 0 Å². The molecule has 0 fully saturated rings. The topological polar surface area (TPSA) is 32.7 Å². The highest BCUT2D eigenvalue weighted by Crippen LogP contribution is 2.27. The molecule has 0 bridgehead atoms. The first-order valence-corrected chi connectivity index (χ1v) is 7.36. The molecular formula is C18H21NO2. The number of nitrogens with zero attached hydrogens (tertiary/aromatic N) is 1. The van der Waals surface area contributed by atoms with Crippen LogP contribution in [0.5, 0.6) is 11.5 Å². The quantitative estimate of drug-likeness (QED) is 0.916. The minimum absolute atomic E-state index is 0.159. The van der Waals surface area contributed by atoms with Crippen LogP contribution in [-0.4, -0.2) is 22.7 Å². The first kappa shape index (κ1) is 14.0. The molecule has 2 aromatic carbocycles. The van der Waals surface area contributed by atoms with Gasteiger partial charge in [-0.15, -0.1) is 0 Å². The van der Waals surface area contributed by atoms with Crippen LogP contribution in [0.1, 0.15) is 23.6 Å². The zero-order valence-electron chi connectivity index (χ0n) is 12.5. The van der Waals surface area contributed by atoms with E-state index in [1.165, 1.54) is 11.1 Å². The monoisotopic (exact) mass is 283 g/mol. The Bertz CT molecular complexity index is 639. The van der Waals surface area contributed by atoms with Gasteiger partial charge in [0.2, 0.25) is 0 Å². The minimum atomic E-state index is 0.159. The van der Waals surface area contributed by atoms with E-state index >= 15 is 0 Å². The summed E-state index contributed by atoms with van der Waals surface area (Å²) in [5.74, 6) is 1.31. The van der Waals surface area contributed by atoms with Crippen LogP contribution in [0.4, 0.5) is 0 Å². The molecule has 0 amide bonds. The average Bonchev–Trinajstić information content (AvgIpc) is 2.56. The van der Waals surface area contributed by atoms with Crippen molar-refractivity contribution in [2.45, 2.75) is 33.0 Å². The summed E-state index contributed by atoms with van der Waals surface area (Å²) in [5, 5.41) is 9.60. The number of hydrogen-bond acceptors (Lipinski definition) is 3. The summed E-state index contributed by atoms with van der Waals surface area (Å²) >= 11 is 0. The highest BCUT2D eigenvalue weighted by atomic mass is 16.5. The zero-order valence-corrected chi connectivity index (χ0v) is 12.5. The van der Waals surface area contributed by atoms with Crippen molar-refractivity contribution in [3.8, 4) is 11.5 Å². The van der Waals surface area contributed by atoms with Crippen molar-refractivity contribution < 1.29 is 9.84 Å². The Balaban J connectivity index is 1.83. The summed E-state index contributed by atoms with van der Waals surface area (Å²) in [6.45, 7) is 6.77. The van der Waals surface area contributed by atoms with Gasteiger partial charge in [-0.2, -0.15) is 0 Å². The van der Waals surface area contributed by atoms with Crippen LogP contribution in [0.25, 0.3) is 0 Å². The van der Waals surface area contributed by atoms with Gasteiger partial charge in [0, 0.05) is 25.2 Å². The highest BCUT2D eigenvalue weighted by molar-refractivity contribution is 5.37. The van der Waals surface area contributed by atoms with E-state index in [1.807, 2.05) is 18.2 Å². The fourth-order valence-corrected chi connectivity index (χ4v) is 2.90. The lowest BCUT2D eigenvalue weighted by molar-refractivity contribution is 0.156. The molecule has 0 saturated carbocycles. The van der Waals surface area contributed by atoms with Crippen LogP contribution in [0.15, 0.2) is 42.5 Å². The summed E-state index contributed by atoms with van der Waals surface area (Å²) in [4.78, 5) is 2.37. The van der Waals surface area contributed by atoms with Gasteiger partial charge < -0.3 is 9.84 Å². The Morgan fingerprint density at radius 3 is 2.90 bits per heavy atom. The Kier molecular flexibility index (Phi) is 3.84. The van der Waals surface area contributed by atoms with E-state index in [9.17, 15) is 5.11 Å². The SMILES string of the molecule is Cc1ccc2c(c1)CN(Cc1cccc(O)c1)CC(C)O2. The minimum Gasteiger partial charge on any atom is -0.508 e. The van der Waals surface area contributed by atoms with Gasteiger partial charge in [-0.05, 0) is 37.6 Å². The van der Waals surface area contributed by atoms with Crippen molar-refractivity contribution in [1.82, 2.24) is 4.90 Å². The third kappa shape index (κ3) is 3.37. The number of ether oxygens (including phenoxy) is 1. The van der Waals surface area contributed by atoms with E-state index in [0.29, 0.717) is 5.75 Å². The van der Waals surface area contributed by atoms with Gasteiger partial charge in [-0.25, -0.2) is 0 Å². The number of benzene rings is 2. The fraction of sp³-hybridized carbons (Fsp3) is 0.333. The van der Waals surface area contributed by atoms with Crippen molar-refractivity contribution in [2.24, 2.45) is 0 Å². The number of aromatic hydroxyl groups is 1. The summed E-state index contributed by atoms with van der Waals surface area (Å²) in [6, 6.07) is 13.8. The molecule has 1 N–H and O–H groups in total. The van der Waals surface area contributed by atoms with E-state index in [2.05, 4.69) is 36.9 Å². The maximum atomic E-state index is 9.60. The first-order chi connectivity index (χ1) is 10.1. The maximum absolute atomic E-state index is 9.60. The van der Waals surface area contributed by atoms with Crippen molar-refractivity contribution in [2.75, 3.05) is 6.54 Å². The molecule has 3 heteroatoms. The zero-order chi connectivity index (χ0) is 14.8. The van der Waals surface area contributed by atoms with Crippen LogP contribution in [0, 0.1) is 6.92 Å². The number of aryl methyl sites for hydroxylation is 1. The highest BCUT2D eigenvalue weighted by Gasteiger charge is 2.20. The van der Waals surface area contributed by atoms with E-state index < -0.39 is 0 Å². The van der Waals surface area contributed by atoms with Crippen LogP contribution in [-0.2, 0) is 13.1 Å². The van der Waals surface area contributed by atoms with Gasteiger partial charge in [0.05, 0.1) is 0 Å². The molecule has 0 aromatic heterocycles. The summed E-state index contributed by atoms with van der Waals surface area (Å²) in [6.07, 6.45) is 0.159. The lowest BCUT2D eigenvalue weighted by Gasteiger charge is -2.22. The predicted molar refractivity (Wildman–Crippen MR) is 83.5 cm³/mol. The number of fused-ring (bicyclic) bond motifs is 1. The molecule has 1 aliphatic rings. The van der Waals surface area contributed by atoms with Crippen LogP contribution in [0.2, 0.25) is 0 Å². The molecule has 3 rings (SSSR count). The molecule has 0 saturated heterocycles. The molecule has 0 spiro atoms. The van der Waals surface area contributed by atoms with Crippen molar-refractivity contribution in [1.29, 1.82) is 0 Å². The molecular weight excluding hydrogens is 262 g/mol. The van der Waals surface area contributed by atoms with Crippen LogP contribution >= 0.6 is 0 Å². The summed E-state index contributed by atoms with van der Waals surface area (Å²) in [7, 11) is 0. The molecule has 2 aromatic rings. The Labute approximate surface area is 125 Å². The third-order valence-corrected chi connectivity index (χ3v) is 3.77. The molecule has 1 unspecified atom stereocenters. The van der Waals surface area contributed by atoms with Crippen molar-refractivity contribution in [3.05, 3.63) is 59.2 Å². The second-order valence-corrected chi connectivity index (χ2v) is 5.88. The molecule has 3 nitrogen and oxygen atoms in total.